The van der Waals surface area contributed by atoms with Crippen LogP contribution in [0.5, 0.6) is 0 Å². The van der Waals surface area contributed by atoms with Crippen molar-refractivity contribution in [3.05, 3.63) is 29.6 Å². The molecule has 0 spiro atoms. The van der Waals surface area contributed by atoms with Crippen LogP contribution in [-0.4, -0.2) is 51.3 Å². The first-order valence-corrected chi connectivity index (χ1v) is 14.5. The molecule has 1 aromatic heterocycles. The van der Waals surface area contributed by atoms with Crippen LogP contribution in [0.3, 0.4) is 0 Å². The van der Waals surface area contributed by atoms with Crippen LogP contribution in [0.25, 0.3) is 0 Å². The first-order valence-electron chi connectivity index (χ1n) is 14.5. The Morgan fingerprint density at radius 1 is 0.737 bits per heavy atom. The molecule has 2 N–H and O–H groups in total. The molecule has 3 aliphatic rings. The Morgan fingerprint density at radius 2 is 1.21 bits per heavy atom. The fourth-order valence-electron chi connectivity index (χ4n) is 7.50. The van der Waals surface area contributed by atoms with Crippen LogP contribution in [0.15, 0.2) is 18.3 Å². The maximum Gasteiger partial charge on any atom is 0.339 e. The lowest BCUT2D eigenvalue weighted by Gasteiger charge is -2.46. The Labute approximate surface area is 229 Å². The summed E-state index contributed by atoms with van der Waals surface area (Å²) in [6.45, 7) is 17.3. The molecule has 38 heavy (non-hydrogen) atoms. The van der Waals surface area contributed by atoms with Gasteiger partial charge in [-0.2, -0.15) is 0 Å². The van der Waals surface area contributed by atoms with E-state index in [-0.39, 0.29) is 52.2 Å². The Hall–Kier alpha value is -1.99. The summed E-state index contributed by atoms with van der Waals surface area (Å²) >= 11 is 0. The van der Waals surface area contributed by atoms with Crippen molar-refractivity contribution in [3.63, 3.8) is 0 Å². The van der Waals surface area contributed by atoms with Crippen molar-refractivity contribution in [2.75, 3.05) is 0 Å². The van der Waals surface area contributed by atoms with Crippen LogP contribution in [-0.2, 0) is 14.3 Å². The van der Waals surface area contributed by atoms with Crippen molar-refractivity contribution in [2.45, 2.75) is 147 Å². The van der Waals surface area contributed by atoms with Gasteiger partial charge in [-0.25, -0.2) is 4.79 Å². The Bertz CT molecular complexity index is 974. The zero-order valence-electron chi connectivity index (χ0n) is 24.8. The van der Waals surface area contributed by atoms with Gasteiger partial charge in [0.2, 0.25) is 0 Å². The third kappa shape index (κ3) is 7.56. The van der Waals surface area contributed by atoms with Crippen LogP contribution >= 0.6 is 0 Å². The number of aromatic nitrogens is 1. The maximum absolute atomic E-state index is 13.0. The summed E-state index contributed by atoms with van der Waals surface area (Å²) in [7, 11) is 0. The number of esters is 2. The van der Waals surface area contributed by atoms with Crippen LogP contribution < -0.4 is 10.6 Å². The molecule has 2 saturated heterocycles. The summed E-state index contributed by atoms with van der Waals surface area (Å²) in [5.41, 5.74) is 1.22. The summed E-state index contributed by atoms with van der Waals surface area (Å²) in [4.78, 5) is 30.5. The summed E-state index contributed by atoms with van der Waals surface area (Å²) in [5.74, 6) is -0.0949. The molecular formula is C31H49N3O4. The number of hydrogen-bond acceptors (Lipinski definition) is 7. The smallest absolute Gasteiger partial charge is 0.339 e. The van der Waals surface area contributed by atoms with Gasteiger partial charge >= 0.3 is 11.9 Å². The van der Waals surface area contributed by atoms with Crippen molar-refractivity contribution >= 4 is 11.9 Å². The third-order valence-corrected chi connectivity index (χ3v) is 8.36. The van der Waals surface area contributed by atoms with Gasteiger partial charge in [0.25, 0.3) is 0 Å². The molecule has 1 aliphatic carbocycles. The largest absolute Gasteiger partial charge is 0.462 e. The van der Waals surface area contributed by atoms with Crippen molar-refractivity contribution in [1.29, 1.82) is 0 Å². The molecular weight excluding hydrogens is 478 g/mol. The van der Waals surface area contributed by atoms with Crippen molar-refractivity contribution < 1.29 is 19.1 Å². The average Bonchev–Trinajstić information content (AvgIpc) is 2.75. The number of pyridine rings is 1. The number of carbonyl (C=O) groups is 2. The van der Waals surface area contributed by atoms with E-state index >= 15 is 0 Å². The fourth-order valence-corrected chi connectivity index (χ4v) is 7.50. The van der Waals surface area contributed by atoms with E-state index in [0.29, 0.717) is 11.5 Å². The molecule has 0 amide bonds. The molecule has 0 radical (unpaired) electrons. The van der Waals surface area contributed by atoms with E-state index in [1.54, 1.807) is 6.20 Å². The number of rotatable bonds is 5. The highest BCUT2D eigenvalue weighted by Gasteiger charge is 2.41. The first-order chi connectivity index (χ1) is 17.5. The summed E-state index contributed by atoms with van der Waals surface area (Å²) in [6.07, 6.45) is 8.16. The Balaban J connectivity index is 1.27. The average molecular weight is 528 g/mol. The molecule has 7 nitrogen and oxygen atoms in total. The van der Waals surface area contributed by atoms with E-state index in [2.05, 4.69) is 71.0 Å². The van der Waals surface area contributed by atoms with Gasteiger partial charge in [0.05, 0.1) is 11.5 Å². The zero-order valence-corrected chi connectivity index (χ0v) is 24.8. The van der Waals surface area contributed by atoms with E-state index < -0.39 is 0 Å². The fraction of sp³-hybridized carbons (Fsp3) is 0.774. The topological polar surface area (TPSA) is 89.6 Å². The highest BCUT2D eigenvalue weighted by molar-refractivity contribution is 5.89. The van der Waals surface area contributed by atoms with Crippen molar-refractivity contribution in [3.8, 4) is 0 Å². The molecule has 3 fully saturated rings. The molecule has 2 aliphatic heterocycles. The highest BCUT2D eigenvalue weighted by atomic mass is 16.5. The molecule has 212 valence electrons. The van der Waals surface area contributed by atoms with Gasteiger partial charge in [-0.3, -0.25) is 9.78 Å². The van der Waals surface area contributed by atoms with Gasteiger partial charge in [-0.15, -0.1) is 0 Å². The number of carbonyl (C=O) groups excluding carboxylic acids is 2. The van der Waals surface area contributed by atoms with E-state index in [1.165, 1.54) is 0 Å². The predicted octanol–water partition coefficient (Wildman–Crippen LogP) is 5.67. The minimum atomic E-state index is -0.307. The van der Waals surface area contributed by atoms with Gasteiger partial charge in [0.15, 0.2) is 0 Å². The summed E-state index contributed by atoms with van der Waals surface area (Å²) in [6, 6.07) is 3.79. The summed E-state index contributed by atoms with van der Waals surface area (Å²) in [5, 5.41) is 7.27. The number of nitrogens with zero attached hydrogens (tertiary/aromatic N) is 1. The van der Waals surface area contributed by atoms with E-state index in [0.717, 1.165) is 57.1 Å². The summed E-state index contributed by atoms with van der Waals surface area (Å²) < 4.78 is 11.9. The number of piperidine rings is 2. The molecule has 0 aromatic carbocycles. The van der Waals surface area contributed by atoms with Gasteiger partial charge in [-0.05, 0) is 93.2 Å². The SMILES string of the molecule is CC1(C)CC(OC(=O)c2ccc(C3CCC(C(=O)OC4CC(C)(C)NC(C)(C)C4)CC3)nc2)CC(C)(C)N1. The molecule has 1 saturated carbocycles. The van der Waals surface area contributed by atoms with Crippen LogP contribution in [0.4, 0.5) is 0 Å². The lowest BCUT2D eigenvalue weighted by Crippen LogP contribution is -2.59. The monoisotopic (exact) mass is 527 g/mol. The number of ether oxygens (including phenoxy) is 2. The second kappa shape index (κ2) is 10.5. The lowest BCUT2D eigenvalue weighted by molar-refractivity contribution is -0.159. The third-order valence-electron chi connectivity index (χ3n) is 8.36. The zero-order chi connectivity index (χ0) is 27.9. The second-order valence-corrected chi connectivity index (χ2v) is 14.7. The maximum atomic E-state index is 13.0. The molecule has 0 bridgehead atoms. The lowest BCUT2D eigenvalue weighted by atomic mass is 9.79. The van der Waals surface area contributed by atoms with E-state index in [9.17, 15) is 9.59 Å². The van der Waals surface area contributed by atoms with Gasteiger partial charge in [0, 0.05) is 65.6 Å². The second-order valence-electron chi connectivity index (χ2n) is 14.7. The normalized spacial score (nSPS) is 28.8. The van der Waals surface area contributed by atoms with Gasteiger partial charge in [-0.1, -0.05) is 0 Å². The number of hydrogen-bond donors (Lipinski definition) is 2. The molecule has 4 rings (SSSR count). The van der Waals surface area contributed by atoms with Gasteiger partial charge in [0.1, 0.15) is 12.2 Å². The molecule has 1 aromatic rings. The minimum absolute atomic E-state index is 0.0394. The molecule has 0 unspecified atom stereocenters. The molecule has 0 atom stereocenters. The van der Waals surface area contributed by atoms with Crippen molar-refractivity contribution in [1.82, 2.24) is 15.6 Å². The standard InChI is InChI=1S/C31H49N3O4/c1-28(2)15-23(16-29(3,4)33-28)37-26(35)21-11-9-20(10-12-21)25-14-13-22(19-32-25)27(36)38-24-17-30(5,6)34-31(7,8)18-24/h13-14,19-21,23-24,33-34H,9-12,15-18H2,1-8H3. The van der Waals surface area contributed by atoms with Crippen LogP contribution in [0.1, 0.15) is 129 Å². The minimum Gasteiger partial charge on any atom is -0.462 e. The van der Waals surface area contributed by atoms with E-state index in [4.69, 9.17) is 9.47 Å². The van der Waals surface area contributed by atoms with Gasteiger partial charge < -0.3 is 20.1 Å². The Kier molecular flexibility index (Phi) is 8.04. The van der Waals surface area contributed by atoms with Crippen molar-refractivity contribution in [2.24, 2.45) is 5.92 Å². The quantitative estimate of drug-likeness (QED) is 0.477. The predicted molar refractivity (Wildman–Crippen MR) is 149 cm³/mol. The highest BCUT2D eigenvalue weighted by Crippen LogP contribution is 2.37. The van der Waals surface area contributed by atoms with E-state index in [1.807, 2.05) is 12.1 Å². The van der Waals surface area contributed by atoms with Crippen LogP contribution in [0, 0.1) is 5.92 Å². The number of nitrogens with one attached hydrogen (secondary N) is 2. The first kappa shape index (κ1) is 29.0. The Morgan fingerprint density at radius 3 is 1.66 bits per heavy atom. The molecule has 3 heterocycles. The molecule has 7 heteroatoms. The van der Waals surface area contributed by atoms with Crippen LogP contribution in [0.2, 0.25) is 0 Å².